The van der Waals surface area contributed by atoms with Crippen molar-refractivity contribution in [3.05, 3.63) is 29.8 Å². The maximum atomic E-state index is 12.2. The molecule has 0 saturated carbocycles. The Balaban J connectivity index is 1.75. The second-order valence-corrected chi connectivity index (χ2v) is 9.75. The van der Waals surface area contributed by atoms with Crippen molar-refractivity contribution in [3.63, 3.8) is 0 Å². The van der Waals surface area contributed by atoms with E-state index in [9.17, 15) is 13.2 Å². The predicted octanol–water partition coefficient (Wildman–Crippen LogP) is 1.17. The van der Waals surface area contributed by atoms with Crippen LogP contribution in [0.25, 0.3) is 0 Å². The second-order valence-electron chi connectivity index (χ2n) is 6.71. The van der Waals surface area contributed by atoms with Gasteiger partial charge in [-0.05, 0) is 24.0 Å². The van der Waals surface area contributed by atoms with Gasteiger partial charge in [0.05, 0.1) is 17.9 Å². The fourth-order valence-corrected chi connectivity index (χ4v) is 6.34. The normalized spacial score (nSPS) is 26.4. The van der Waals surface area contributed by atoms with Gasteiger partial charge in [0.25, 0.3) is 0 Å². The zero-order chi connectivity index (χ0) is 18.0. The molecule has 2 unspecified atom stereocenters. The molecule has 6 nitrogen and oxygen atoms in total. The first-order valence-corrected chi connectivity index (χ1v) is 11.5. The van der Waals surface area contributed by atoms with E-state index in [1.54, 1.807) is 11.8 Å². The highest BCUT2D eigenvalue weighted by atomic mass is 32.2. The van der Waals surface area contributed by atoms with Crippen molar-refractivity contribution in [1.82, 2.24) is 9.80 Å². The van der Waals surface area contributed by atoms with E-state index in [1.165, 1.54) is 10.5 Å². The molecule has 138 valence electrons. The number of fused-ring (bicyclic) bond motifs is 1. The topological polar surface area (TPSA) is 77.9 Å². The average molecular weight is 385 g/mol. The highest BCUT2D eigenvalue weighted by Crippen LogP contribution is 2.29. The van der Waals surface area contributed by atoms with E-state index in [4.69, 9.17) is 5.11 Å². The van der Waals surface area contributed by atoms with Crippen LogP contribution in [0.15, 0.2) is 29.2 Å². The van der Waals surface area contributed by atoms with E-state index in [2.05, 4.69) is 28.0 Å². The Morgan fingerprint density at radius 2 is 1.92 bits per heavy atom. The van der Waals surface area contributed by atoms with Gasteiger partial charge in [0, 0.05) is 43.2 Å². The highest BCUT2D eigenvalue weighted by molar-refractivity contribution is 7.98. The van der Waals surface area contributed by atoms with Crippen molar-refractivity contribution in [1.29, 1.82) is 0 Å². The number of carboxylic acid groups (broad SMARTS) is 1. The fourth-order valence-electron chi connectivity index (χ4n) is 3.82. The Labute approximate surface area is 153 Å². The van der Waals surface area contributed by atoms with Crippen LogP contribution < -0.4 is 0 Å². The third-order valence-electron chi connectivity index (χ3n) is 5.04. The molecule has 8 heteroatoms. The van der Waals surface area contributed by atoms with E-state index in [-0.39, 0.29) is 30.0 Å². The third kappa shape index (κ3) is 4.55. The first-order valence-electron chi connectivity index (χ1n) is 8.41. The van der Waals surface area contributed by atoms with Gasteiger partial charge >= 0.3 is 5.97 Å². The van der Waals surface area contributed by atoms with Crippen molar-refractivity contribution >= 4 is 27.6 Å². The van der Waals surface area contributed by atoms with Gasteiger partial charge in [-0.1, -0.05) is 12.1 Å². The lowest BCUT2D eigenvalue weighted by Gasteiger charge is -2.43. The quantitative estimate of drug-likeness (QED) is 0.738. The van der Waals surface area contributed by atoms with E-state index in [0.29, 0.717) is 13.1 Å². The minimum atomic E-state index is -3.07. The molecule has 0 bridgehead atoms. The molecule has 1 N–H and O–H groups in total. The van der Waals surface area contributed by atoms with Gasteiger partial charge in [-0.25, -0.2) is 8.42 Å². The van der Waals surface area contributed by atoms with E-state index in [1.807, 2.05) is 12.3 Å². The summed E-state index contributed by atoms with van der Waals surface area (Å²) in [4.78, 5) is 16.4. The fraction of sp³-hybridized carbons (Fsp3) is 0.588. The number of piperazine rings is 1. The van der Waals surface area contributed by atoms with Crippen LogP contribution in [0.4, 0.5) is 0 Å². The van der Waals surface area contributed by atoms with Crippen molar-refractivity contribution in [2.75, 3.05) is 37.4 Å². The maximum Gasteiger partial charge on any atom is 0.304 e. The molecule has 2 atom stereocenters. The Morgan fingerprint density at radius 1 is 1.24 bits per heavy atom. The number of aliphatic carboxylic acids is 1. The first kappa shape index (κ1) is 18.7. The molecule has 0 aromatic heterocycles. The van der Waals surface area contributed by atoms with Crippen molar-refractivity contribution in [3.8, 4) is 0 Å². The smallest absolute Gasteiger partial charge is 0.304 e. The Kier molecular flexibility index (Phi) is 5.72. The summed E-state index contributed by atoms with van der Waals surface area (Å²) in [6.45, 7) is 2.63. The summed E-state index contributed by atoms with van der Waals surface area (Å²) in [5.74, 6) is -0.532. The molecule has 0 amide bonds. The van der Waals surface area contributed by atoms with Crippen LogP contribution in [0.1, 0.15) is 12.0 Å². The van der Waals surface area contributed by atoms with Crippen LogP contribution in [-0.2, 0) is 21.2 Å². The number of benzene rings is 1. The number of carboxylic acids is 1. The van der Waals surface area contributed by atoms with Gasteiger partial charge in [-0.3, -0.25) is 14.6 Å². The lowest BCUT2D eigenvalue weighted by molar-refractivity contribution is -0.137. The summed E-state index contributed by atoms with van der Waals surface area (Å²) in [7, 11) is -3.07. The van der Waals surface area contributed by atoms with Crippen molar-refractivity contribution < 1.29 is 18.3 Å². The molecule has 2 aliphatic rings. The molecule has 25 heavy (non-hydrogen) atoms. The van der Waals surface area contributed by atoms with Crippen molar-refractivity contribution in [2.45, 2.75) is 29.9 Å². The maximum absolute atomic E-state index is 12.2. The lowest BCUT2D eigenvalue weighted by Crippen LogP contribution is -2.58. The molecule has 2 saturated heterocycles. The highest BCUT2D eigenvalue weighted by Gasteiger charge is 2.46. The van der Waals surface area contributed by atoms with Gasteiger partial charge < -0.3 is 5.11 Å². The summed E-state index contributed by atoms with van der Waals surface area (Å²) in [5, 5.41) is 8.93. The largest absolute Gasteiger partial charge is 0.481 e. The summed E-state index contributed by atoms with van der Waals surface area (Å²) >= 11 is 1.70. The first-order chi connectivity index (χ1) is 11.9. The van der Waals surface area contributed by atoms with Crippen molar-refractivity contribution in [2.24, 2.45) is 0 Å². The third-order valence-corrected chi connectivity index (χ3v) is 7.46. The van der Waals surface area contributed by atoms with Gasteiger partial charge in [-0.15, -0.1) is 11.8 Å². The molecule has 0 radical (unpaired) electrons. The average Bonchev–Trinajstić information content (AvgIpc) is 2.90. The number of sulfone groups is 1. The van der Waals surface area contributed by atoms with Gasteiger partial charge in [0.2, 0.25) is 0 Å². The van der Waals surface area contributed by atoms with E-state index in [0.717, 1.165) is 13.1 Å². The minimum Gasteiger partial charge on any atom is -0.481 e. The number of rotatable bonds is 6. The predicted molar refractivity (Wildman–Crippen MR) is 98.7 cm³/mol. The van der Waals surface area contributed by atoms with Crippen LogP contribution >= 0.6 is 11.8 Å². The molecule has 3 rings (SSSR count). The Morgan fingerprint density at radius 3 is 2.60 bits per heavy atom. The summed E-state index contributed by atoms with van der Waals surface area (Å²) in [6.07, 6.45) is 2.10. The SMILES string of the molecule is CSc1cccc(CN2CCN(CCC(=O)O)C3CS(=O)(=O)CC32)c1. The monoisotopic (exact) mass is 384 g/mol. The van der Waals surface area contributed by atoms with Crippen LogP contribution in [0.5, 0.6) is 0 Å². The summed E-state index contributed by atoms with van der Waals surface area (Å²) < 4.78 is 24.4. The molecule has 2 heterocycles. The molecule has 0 aliphatic carbocycles. The number of hydrogen-bond acceptors (Lipinski definition) is 6. The molecule has 2 fully saturated rings. The van der Waals surface area contributed by atoms with Gasteiger partial charge in [-0.2, -0.15) is 0 Å². The van der Waals surface area contributed by atoms with E-state index < -0.39 is 15.8 Å². The molecule has 1 aromatic rings. The molecular formula is C17H24N2O4S2. The standard InChI is InChI=1S/C17H24N2O4S2/c1-24-14-4-2-3-13(9-14)10-19-8-7-18(6-5-17(20)21)15-11-25(22,23)12-16(15)19/h2-4,9,15-16H,5-8,10-12H2,1H3,(H,20,21). The number of nitrogens with zero attached hydrogens (tertiary/aromatic N) is 2. The van der Waals surface area contributed by atoms with E-state index >= 15 is 0 Å². The number of thioether (sulfide) groups is 1. The van der Waals surface area contributed by atoms with Crippen LogP contribution in [-0.4, -0.2) is 78.8 Å². The number of hydrogen-bond donors (Lipinski definition) is 1. The van der Waals surface area contributed by atoms with Gasteiger partial charge in [0.15, 0.2) is 9.84 Å². The molecule has 1 aromatic carbocycles. The summed E-state index contributed by atoms with van der Waals surface area (Å²) in [5.41, 5.74) is 1.19. The number of carbonyl (C=O) groups is 1. The second kappa shape index (κ2) is 7.65. The van der Waals surface area contributed by atoms with Crippen LogP contribution in [0, 0.1) is 0 Å². The Bertz CT molecular complexity index is 738. The van der Waals surface area contributed by atoms with Gasteiger partial charge in [0.1, 0.15) is 0 Å². The minimum absolute atomic E-state index is 0.0505. The summed E-state index contributed by atoms with van der Waals surface area (Å²) in [6, 6.07) is 8.19. The zero-order valence-corrected chi connectivity index (χ0v) is 15.9. The molecular weight excluding hydrogens is 360 g/mol. The lowest BCUT2D eigenvalue weighted by atomic mass is 10.0. The zero-order valence-electron chi connectivity index (χ0n) is 14.3. The Hall–Kier alpha value is -1.09. The molecule has 2 aliphatic heterocycles. The molecule has 0 spiro atoms. The van der Waals surface area contributed by atoms with Crippen LogP contribution in [0.3, 0.4) is 0 Å². The van der Waals surface area contributed by atoms with Crippen LogP contribution in [0.2, 0.25) is 0 Å².